The third kappa shape index (κ3) is 8.14. The van der Waals surface area contributed by atoms with E-state index in [1.807, 2.05) is 30.3 Å². The highest BCUT2D eigenvalue weighted by Gasteiger charge is 2.23. The zero-order chi connectivity index (χ0) is 25.0. The number of rotatable bonds is 15. The summed E-state index contributed by atoms with van der Waals surface area (Å²) in [6.07, 6.45) is 1.37. The second-order valence-electron chi connectivity index (χ2n) is 8.49. The van der Waals surface area contributed by atoms with E-state index in [0.29, 0.717) is 44.5 Å². The SMILES string of the molecule is CCCCOC[C@H](O)CN(CCOC)Cc1c(-c2ccccc2)nn(C)c1Oc1cccc(F)c1. The number of aromatic nitrogens is 2. The Labute approximate surface area is 207 Å². The molecule has 1 atom stereocenters. The molecule has 3 rings (SSSR count). The highest BCUT2D eigenvalue weighted by molar-refractivity contribution is 5.65. The third-order valence-electron chi connectivity index (χ3n) is 5.56. The van der Waals surface area contributed by atoms with E-state index in [-0.39, 0.29) is 12.4 Å². The van der Waals surface area contributed by atoms with E-state index in [1.165, 1.54) is 12.1 Å². The average Bonchev–Trinajstić information content (AvgIpc) is 3.15. The molecule has 0 aliphatic heterocycles. The van der Waals surface area contributed by atoms with Crippen molar-refractivity contribution < 1.29 is 23.7 Å². The van der Waals surface area contributed by atoms with Crippen LogP contribution in [0.5, 0.6) is 11.6 Å². The van der Waals surface area contributed by atoms with Gasteiger partial charge in [-0.1, -0.05) is 49.7 Å². The fourth-order valence-electron chi connectivity index (χ4n) is 3.79. The fraction of sp³-hybridized carbons (Fsp3) is 0.444. The van der Waals surface area contributed by atoms with Crippen molar-refractivity contribution in [2.45, 2.75) is 32.4 Å². The number of nitrogens with zero attached hydrogens (tertiary/aromatic N) is 3. The predicted octanol–water partition coefficient (Wildman–Crippen LogP) is 4.64. The summed E-state index contributed by atoms with van der Waals surface area (Å²) < 4.78 is 32.6. The first kappa shape index (κ1) is 26.8. The van der Waals surface area contributed by atoms with E-state index in [9.17, 15) is 9.50 Å². The van der Waals surface area contributed by atoms with Gasteiger partial charge in [-0.3, -0.25) is 4.90 Å². The van der Waals surface area contributed by atoms with Gasteiger partial charge < -0.3 is 19.3 Å². The van der Waals surface area contributed by atoms with Gasteiger partial charge >= 0.3 is 0 Å². The summed E-state index contributed by atoms with van der Waals surface area (Å²) in [6, 6.07) is 15.9. The first-order valence-corrected chi connectivity index (χ1v) is 12.0. The van der Waals surface area contributed by atoms with Gasteiger partial charge in [0.05, 0.1) is 24.9 Å². The smallest absolute Gasteiger partial charge is 0.222 e. The molecule has 3 aromatic rings. The fourth-order valence-corrected chi connectivity index (χ4v) is 3.79. The molecule has 190 valence electrons. The maximum Gasteiger partial charge on any atom is 0.222 e. The summed E-state index contributed by atoms with van der Waals surface area (Å²) >= 11 is 0. The van der Waals surface area contributed by atoms with Crippen LogP contribution in [0.4, 0.5) is 4.39 Å². The van der Waals surface area contributed by atoms with Crippen molar-refractivity contribution in [3.05, 3.63) is 66.0 Å². The van der Waals surface area contributed by atoms with Gasteiger partial charge in [0.1, 0.15) is 17.3 Å². The molecule has 0 bridgehead atoms. The van der Waals surface area contributed by atoms with Crippen molar-refractivity contribution in [2.24, 2.45) is 7.05 Å². The van der Waals surface area contributed by atoms with E-state index in [2.05, 4.69) is 11.8 Å². The van der Waals surface area contributed by atoms with Crippen LogP contribution in [0.15, 0.2) is 54.6 Å². The van der Waals surface area contributed by atoms with Gasteiger partial charge in [0.15, 0.2) is 0 Å². The van der Waals surface area contributed by atoms with Crippen LogP contribution in [0.25, 0.3) is 11.3 Å². The minimum Gasteiger partial charge on any atom is -0.439 e. The second kappa shape index (κ2) is 13.9. The molecule has 1 N–H and O–H groups in total. The predicted molar refractivity (Wildman–Crippen MR) is 134 cm³/mol. The van der Waals surface area contributed by atoms with Gasteiger partial charge in [-0.25, -0.2) is 9.07 Å². The van der Waals surface area contributed by atoms with E-state index in [1.54, 1.807) is 31.0 Å². The van der Waals surface area contributed by atoms with Crippen molar-refractivity contribution >= 4 is 0 Å². The molecule has 1 aromatic heterocycles. The van der Waals surface area contributed by atoms with Crippen LogP contribution in [-0.2, 0) is 23.1 Å². The van der Waals surface area contributed by atoms with Gasteiger partial charge in [0.2, 0.25) is 5.88 Å². The number of hydrogen-bond acceptors (Lipinski definition) is 6. The minimum absolute atomic E-state index is 0.273. The Hall–Kier alpha value is -2.78. The normalized spacial score (nSPS) is 12.3. The summed E-state index contributed by atoms with van der Waals surface area (Å²) in [4.78, 5) is 2.10. The second-order valence-corrected chi connectivity index (χ2v) is 8.49. The Morgan fingerprint density at radius 1 is 1.11 bits per heavy atom. The van der Waals surface area contributed by atoms with Crippen LogP contribution in [-0.4, -0.2) is 65.9 Å². The maximum atomic E-state index is 13.8. The van der Waals surface area contributed by atoms with Crippen LogP contribution in [0.1, 0.15) is 25.3 Å². The number of aliphatic hydroxyl groups excluding tert-OH is 1. The number of aliphatic hydroxyl groups is 1. The van der Waals surface area contributed by atoms with Crippen molar-refractivity contribution in [2.75, 3.05) is 40.0 Å². The van der Waals surface area contributed by atoms with E-state index in [4.69, 9.17) is 19.3 Å². The number of halogens is 1. The first-order valence-electron chi connectivity index (χ1n) is 12.0. The number of methoxy groups -OCH3 is 1. The molecule has 0 saturated carbocycles. The molecule has 0 spiro atoms. The van der Waals surface area contributed by atoms with Gasteiger partial charge in [-0.15, -0.1) is 0 Å². The molecule has 1 heterocycles. The van der Waals surface area contributed by atoms with Gasteiger partial charge in [0, 0.05) is 52.0 Å². The number of unbranched alkanes of at least 4 members (excludes halogenated alkanes) is 1. The Morgan fingerprint density at radius 3 is 2.63 bits per heavy atom. The lowest BCUT2D eigenvalue weighted by atomic mass is 10.1. The lowest BCUT2D eigenvalue weighted by molar-refractivity contribution is 0.0101. The van der Waals surface area contributed by atoms with Crippen LogP contribution < -0.4 is 4.74 Å². The van der Waals surface area contributed by atoms with E-state index >= 15 is 0 Å². The molecule has 0 radical (unpaired) electrons. The molecule has 0 aliphatic carbocycles. The standard InChI is InChI=1S/C27H36FN3O4/c1-4-5-15-34-20-23(32)18-31(14-16-33-3)19-25-26(21-10-7-6-8-11-21)29-30(2)27(25)35-24-13-9-12-22(28)17-24/h6-13,17,23,32H,4-5,14-16,18-20H2,1-3H3/t23-/m1/s1. The van der Waals surface area contributed by atoms with E-state index in [0.717, 1.165) is 29.7 Å². The molecular weight excluding hydrogens is 449 g/mol. The molecule has 8 heteroatoms. The zero-order valence-corrected chi connectivity index (χ0v) is 20.8. The number of hydrogen-bond donors (Lipinski definition) is 1. The Balaban J connectivity index is 1.89. The monoisotopic (exact) mass is 485 g/mol. The maximum absolute atomic E-state index is 13.8. The van der Waals surface area contributed by atoms with E-state index < -0.39 is 6.10 Å². The Bertz CT molecular complexity index is 1030. The summed E-state index contributed by atoms with van der Waals surface area (Å²) in [5.41, 5.74) is 2.57. The molecule has 0 amide bonds. The molecule has 0 aliphatic rings. The molecule has 0 unspecified atom stereocenters. The molecule has 2 aromatic carbocycles. The highest BCUT2D eigenvalue weighted by atomic mass is 19.1. The lowest BCUT2D eigenvalue weighted by Gasteiger charge is -2.25. The topological polar surface area (TPSA) is 69.0 Å². The quantitative estimate of drug-likeness (QED) is 0.316. The lowest BCUT2D eigenvalue weighted by Crippen LogP contribution is -2.36. The summed E-state index contributed by atoms with van der Waals surface area (Å²) in [5, 5.41) is 15.4. The summed E-state index contributed by atoms with van der Waals surface area (Å²) in [6.45, 7) is 4.98. The van der Waals surface area contributed by atoms with Crippen LogP contribution in [0.2, 0.25) is 0 Å². The van der Waals surface area contributed by atoms with Gasteiger partial charge in [0.25, 0.3) is 0 Å². The summed E-state index contributed by atoms with van der Waals surface area (Å²) in [5.74, 6) is 0.537. The van der Waals surface area contributed by atoms with Gasteiger partial charge in [-0.2, -0.15) is 5.10 Å². The van der Waals surface area contributed by atoms with Gasteiger partial charge in [-0.05, 0) is 18.6 Å². The zero-order valence-electron chi connectivity index (χ0n) is 20.8. The third-order valence-corrected chi connectivity index (χ3v) is 5.56. The number of aryl methyl sites for hydroxylation is 1. The number of ether oxygens (including phenoxy) is 3. The van der Waals surface area contributed by atoms with Crippen LogP contribution >= 0.6 is 0 Å². The first-order chi connectivity index (χ1) is 17.0. The van der Waals surface area contributed by atoms with Crippen molar-refractivity contribution in [3.63, 3.8) is 0 Å². The number of benzene rings is 2. The van der Waals surface area contributed by atoms with Crippen molar-refractivity contribution in [1.82, 2.24) is 14.7 Å². The molecule has 35 heavy (non-hydrogen) atoms. The molecule has 7 nitrogen and oxygen atoms in total. The molecule has 0 saturated heterocycles. The Kier molecular flexibility index (Phi) is 10.7. The molecule has 0 fully saturated rings. The Morgan fingerprint density at radius 2 is 1.91 bits per heavy atom. The minimum atomic E-state index is -0.645. The van der Waals surface area contributed by atoms with Crippen LogP contribution in [0.3, 0.4) is 0 Å². The van der Waals surface area contributed by atoms with Crippen molar-refractivity contribution in [1.29, 1.82) is 0 Å². The highest BCUT2D eigenvalue weighted by Crippen LogP contribution is 2.34. The molecular formula is C27H36FN3O4. The average molecular weight is 486 g/mol. The summed E-state index contributed by atoms with van der Waals surface area (Å²) in [7, 11) is 3.46. The van der Waals surface area contributed by atoms with Crippen molar-refractivity contribution in [3.8, 4) is 22.9 Å². The largest absolute Gasteiger partial charge is 0.439 e. The van der Waals surface area contributed by atoms with Crippen LogP contribution in [0, 0.1) is 5.82 Å².